The Labute approximate surface area is 288 Å². The third-order valence-electron chi connectivity index (χ3n) is 8.74. The van der Waals surface area contributed by atoms with Gasteiger partial charge in [-0.25, -0.2) is 26.0 Å². The first-order valence-corrected chi connectivity index (χ1v) is 17.6. The van der Waals surface area contributed by atoms with Crippen molar-refractivity contribution in [1.82, 2.24) is 9.62 Å². The summed E-state index contributed by atoms with van der Waals surface area (Å²) in [5.74, 6) is -5.46. The second-order valence-corrected chi connectivity index (χ2v) is 14.3. The first-order valence-electron chi connectivity index (χ1n) is 15.8. The number of sulfonamides is 1. The Morgan fingerprint density at radius 1 is 0.959 bits per heavy atom. The summed E-state index contributed by atoms with van der Waals surface area (Å²) in [4.78, 5) is 13.9. The van der Waals surface area contributed by atoms with Gasteiger partial charge in [0, 0.05) is 48.4 Å². The molecule has 0 saturated carbocycles. The van der Waals surface area contributed by atoms with E-state index in [-0.39, 0.29) is 39.2 Å². The Balaban J connectivity index is 1.37. The van der Waals surface area contributed by atoms with Crippen LogP contribution in [0.3, 0.4) is 0 Å². The summed E-state index contributed by atoms with van der Waals surface area (Å²) < 4.78 is 86.8. The van der Waals surface area contributed by atoms with Crippen LogP contribution in [0.15, 0.2) is 102 Å². The molecule has 1 saturated heterocycles. The molecule has 4 aromatic rings. The highest BCUT2D eigenvalue weighted by Gasteiger charge is 2.38. The molecule has 0 bridgehead atoms. The van der Waals surface area contributed by atoms with Crippen LogP contribution in [0.25, 0.3) is 0 Å². The molecule has 0 radical (unpaired) electrons. The number of nitrogens with zero attached hydrogens (tertiary/aromatic N) is 1. The summed E-state index contributed by atoms with van der Waals surface area (Å²) in [6.45, 7) is 6.45. The molecule has 5 rings (SSSR count). The SMILES string of the molecule is C=C[C@H](C(=O)Nc1cccc(F)c1CCC[C@H]1CNC[C@@H](C)N1S(=O)(=O)c1ccccc1Cl)[C@@H](c1ccc(F)cc1)c1cc(F)cc(F)c1. The van der Waals surface area contributed by atoms with Crippen LogP contribution in [-0.4, -0.2) is 43.8 Å². The van der Waals surface area contributed by atoms with Crippen molar-refractivity contribution in [2.24, 2.45) is 5.92 Å². The van der Waals surface area contributed by atoms with E-state index in [0.29, 0.717) is 37.6 Å². The Morgan fingerprint density at radius 3 is 2.33 bits per heavy atom. The number of benzene rings is 4. The van der Waals surface area contributed by atoms with Gasteiger partial charge in [-0.1, -0.05) is 48.0 Å². The van der Waals surface area contributed by atoms with Gasteiger partial charge in [0.25, 0.3) is 0 Å². The highest BCUT2D eigenvalue weighted by Crippen LogP contribution is 2.36. The van der Waals surface area contributed by atoms with Crippen molar-refractivity contribution < 1.29 is 30.8 Å². The van der Waals surface area contributed by atoms with Crippen LogP contribution >= 0.6 is 11.6 Å². The van der Waals surface area contributed by atoms with Gasteiger partial charge in [-0.3, -0.25) is 4.79 Å². The fourth-order valence-electron chi connectivity index (χ4n) is 6.52. The van der Waals surface area contributed by atoms with Gasteiger partial charge in [0.1, 0.15) is 28.2 Å². The van der Waals surface area contributed by atoms with E-state index in [9.17, 15) is 26.4 Å². The third-order valence-corrected chi connectivity index (χ3v) is 11.3. The van der Waals surface area contributed by atoms with Gasteiger partial charge in [-0.2, -0.15) is 4.31 Å². The largest absolute Gasteiger partial charge is 0.325 e. The highest BCUT2D eigenvalue weighted by molar-refractivity contribution is 7.89. The predicted octanol–water partition coefficient (Wildman–Crippen LogP) is 7.84. The lowest BCUT2D eigenvalue weighted by Gasteiger charge is -2.40. The topological polar surface area (TPSA) is 78.5 Å². The van der Waals surface area contributed by atoms with E-state index in [1.54, 1.807) is 18.2 Å². The summed E-state index contributed by atoms with van der Waals surface area (Å²) in [5, 5.41) is 6.17. The summed E-state index contributed by atoms with van der Waals surface area (Å²) in [7, 11) is -3.94. The molecule has 6 nitrogen and oxygen atoms in total. The number of carbonyl (C=O) groups excluding carboxylic acids is 1. The number of rotatable bonds is 12. The molecule has 1 amide bonds. The van der Waals surface area contributed by atoms with Crippen molar-refractivity contribution in [1.29, 1.82) is 0 Å². The maximum atomic E-state index is 15.3. The number of anilines is 1. The highest BCUT2D eigenvalue weighted by atomic mass is 35.5. The molecule has 49 heavy (non-hydrogen) atoms. The maximum absolute atomic E-state index is 15.3. The van der Waals surface area contributed by atoms with E-state index in [2.05, 4.69) is 17.2 Å². The van der Waals surface area contributed by atoms with Crippen LogP contribution < -0.4 is 10.6 Å². The lowest BCUT2D eigenvalue weighted by molar-refractivity contribution is -0.118. The average Bonchev–Trinajstić information content (AvgIpc) is 3.05. The molecule has 1 heterocycles. The minimum atomic E-state index is -3.94. The van der Waals surface area contributed by atoms with Crippen molar-refractivity contribution in [3.05, 3.63) is 143 Å². The van der Waals surface area contributed by atoms with E-state index < -0.39 is 57.1 Å². The monoisotopic (exact) mass is 713 g/mol. The van der Waals surface area contributed by atoms with Crippen LogP contribution in [-0.2, 0) is 21.2 Å². The minimum Gasteiger partial charge on any atom is -0.325 e. The van der Waals surface area contributed by atoms with Crippen LogP contribution in [0.5, 0.6) is 0 Å². The van der Waals surface area contributed by atoms with Gasteiger partial charge >= 0.3 is 0 Å². The molecular formula is C37H36ClF4N3O3S. The van der Waals surface area contributed by atoms with Gasteiger partial charge in [0.05, 0.1) is 10.9 Å². The minimum absolute atomic E-state index is 0.0196. The summed E-state index contributed by atoms with van der Waals surface area (Å²) in [6, 6.07) is 17.9. The number of hydrogen-bond acceptors (Lipinski definition) is 4. The number of nitrogens with one attached hydrogen (secondary N) is 2. The molecule has 0 aromatic heterocycles. The number of hydrogen-bond donors (Lipinski definition) is 2. The van der Waals surface area contributed by atoms with Crippen molar-refractivity contribution in [2.45, 2.75) is 49.1 Å². The number of amides is 1. The zero-order valence-corrected chi connectivity index (χ0v) is 28.3. The predicted molar refractivity (Wildman–Crippen MR) is 183 cm³/mol. The lowest BCUT2D eigenvalue weighted by Crippen LogP contribution is -2.58. The standard InChI is InChI=1S/C37H36ClF4N3O3S/c1-3-30(36(24-14-16-26(39)17-15-24)25-18-27(40)20-28(41)19-25)37(46)44-34-12-7-11-33(42)31(34)9-6-8-29-22-43-21-23(2)45(29)49(47,48)35-13-5-4-10-32(35)38/h3-5,7,10-20,23,29-30,36,43H,1,6,8-9,21-22H2,2H3,(H,44,46)/t23-,29+,30+,36+/m1/s1. The van der Waals surface area contributed by atoms with E-state index in [1.807, 2.05) is 6.92 Å². The molecule has 258 valence electrons. The van der Waals surface area contributed by atoms with Crippen LogP contribution in [0, 0.1) is 29.2 Å². The molecule has 4 aromatic carbocycles. The Kier molecular flexibility index (Phi) is 11.6. The quantitative estimate of drug-likeness (QED) is 0.116. The van der Waals surface area contributed by atoms with Gasteiger partial charge in [0.2, 0.25) is 15.9 Å². The fourth-order valence-corrected chi connectivity index (χ4v) is 8.86. The molecule has 12 heteroatoms. The summed E-state index contributed by atoms with van der Waals surface area (Å²) in [5.41, 5.74) is 0.953. The van der Waals surface area contributed by atoms with Crippen LogP contribution in [0.1, 0.15) is 42.4 Å². The van der Waals surface area contributed by atoms with Crippen LogP contribution in [0.4, 0.5) is 23.2 Å². The van der Waals surface area contributed by atoms with E-state index in [0.717, 1.165) is 12.1 Å². The molecule has 1 aliphatic rings. The van der Waals surface area contributed by atoms with Gasteiger partial charge < -0.3 is 10.6 Å². The Morgan fingerprint density at radius 2 is 1.65 bits per heavy atom. The van der Waals surface area contributed by atoms with Gasteiger partial charge in [0.15, 0.2) is 0 Å². The van der Waals surface area contributed by atoms with E-state index in [4.69, 9.17) is 11.6 Å². The van der Waals surface area contributed by atoms with Crippen LogP contribution in [0.2, 0.25) is 5.02 Å². The van der Waals surface area contributed by atoms with Crippen molar-refractivity contribution in [3.8, 4) is 0 Å². The average molecular weight is 714 g/mol. The molecule has 0 unspecified atom stereocenters. The molecular weight excluding hydrogens is 678 g/mol. The zero-order chi connectivity index (χ0) is 35.3. The summed E-state index contributed by atoms with van der Waals surface area (Å²) in [6.07, 6.45) is 2.26. The zero-order valence-electron chi connectivity index (χ0n) is 26.7. The molecule has 1 aliphatic heterocycles. The molecule has 0 aliphatic carbocycles. The normalized spacial score (nSPS) is 18.1. The van der Waals surface area contributed by atoms with Gasteiger partial charge in [-0.05, 0) is 85.8 Å². The second kappa shape index (κ2) is 15.7. The molecule has 4 atom stereocenters. The number of carbonyl (C=O) groups is 1. The van der Waals surface area contributed by atoms with E-state index in [1.165, 1.54) is 58.9 Å². The van der Waals surface area contributed by atoms with E-state index >= 15 is 4.39 Å². The smallest absolute Gasteiger partial charge is 0.245 e. The molecule has 1 fully saturated rings. The lowest BCUT2D eigenvalue weighted by atomic mass is 9.80. The van der Waals surface area contributed by atoms with Crippen molar-refractivity contribution in [2.75, 3.05) is 18.4 Å². The number of halogens is 5. The molecule has 0 spiro atoms. The number of piperazine rings is 1. The molecule has 2 N–H and O–H groups in total. The first-order chi connectivity index (χ1) is 23.4. The Bertz CT molecular complexity index is 1910. The van der Waals surface area contributed by atoms with Gasteiger partial charge in [-0.15, -0.1) is 6.58 Å². The maximum Gasteiger partial charge on any atom is 0.245 e. The third kappa shape index (κ3) is 8.24. The fraction of sp³-hybridized carbons (Fsp3) is 0.270. The Hall–Kier alpha value is -4.03. The van der Waals surface area contributed by atoms with Crippen molar-refractivity contribution in [3.63, 3.8) is 0 Å². The first kappa shape index (κ1) is 36.3. The summed E-state index contributed by atoms with van der Waals surface area (Å²) >= 11 is 6.27. The second-order valence-electron chi connectivity index (χ2n) is 12.1. The van der Waals surface area contributed by atoms with Crippen molar-refractivity contribution >= 4 is 33.2 Å².